The van der Waals surface area contributed by atoms with Gasteiger partial charge in [0.05, 0.1) is 19.8 Å². The lowest BCUT2D eigenvalue weighted by Crippen LogP contribution is -2.84. The standard InChI is InChI=1S/C14H25NO11/c1-5(18)15-9-12(22)26-7(3-17)10(20)14(9,24)13(23)4-25-6(2-16)8(19)11(13)21/h6-12,16-17,19-24H,2-4H2,1H3,(H,15,18)/t6-,7-,8+,9-,10-,11+,12+,13-,14-/m1/s1. The highest BCUT2D eigenvalue weighted by molar-refractivity contribution is 5.73. The largest absolute Gasteiger partial charge is 0.394 e. The number of carbonyl (C=O) groups excluding carboxylic acids is 1. The summed E-state index contributed by atoms with van der Waals surface area (Å²) < 4.78 is 10.0. The van der Waals surface area contributed by atoms with E-state index in [1.807, 2.05) is 0 Å². The van der Waals surface area contributed by atoms with Crippen LogP contribution in [0.5, 0.6) is 0 Å². The van der Waals surface area contributed by atoms with E-state index in [1.54, 1.807) is 0 Å². The second kappa shape index (κ2) is 7.59. The molecule has 0 bridgehead atoms. The molecular formula is C14H25NO11. The molecule has 0 saturated carbocycles. The van der Waals surface area contributed by atoms with Crippen LogP contribution < -0.4 is 5.32 Å². The number of rotatable bonds is 4. The lowest BCUT2D eigenvalue weighted by atomic mass is 9.65. The number of amides is 1. The first-order valence-corrected chi connectivity index (χ1v) is 7.97. The summed E-state index contributed by atoms with van der Waals surface area (Å²) in [4.78, 5) is 11.5. The first-order chi connectivity index (χ1) is 12.0. The molecule has 1 amide bonds. The summed E-state index contributed by atoms with van der Waals surface area (Å²) in [5.41, 5.74) is -5.70. The van der Waals surface area contributed by atoms with Crippen LogP contribution in [0, 0.1) is 0 Å². The molecule has 152 valence electrons. The average molecular weight is 383 g/mol. The molecule has 0 aromatic carbocycles. The highest BCUT2D eigenvalue weighted by Gasteiger charge is 2.70. The van der Waals surface area contributed by atoms with Gasteiger partial charge >= 0.3 is 0 Å². The van der Waals surface area contributed by atoms with Crippen molar-refractivity contribution in [2.75, 3.05) is 19.8 Å². The second-order valence-corrected chi connectivity index (χ2v) is 6.59. The Bertz CT molecular complexity index is 521. The molecule has 0 unspecified atom stereocenters. The predicted molar refractivity (Wildman–Crippen MR) is 80.3 cm³/mol. The molecule has 2 aliphatic rings. The molecule has 0 aromatic rings. The van der Waals surface area contributed by atoms with Gasteiger partial charge in [0, 0.05) is 6.92 Å². The first kappa shape index (κ1) is 21.4. The zero-order chi connectivity index (χ0) is 19.9. The van der Waals surface area contributed by atoms with Gasteiger partial charge in [-0.25, -0.2) is 0 Å². The third kappa shape index (κ3) is 3.11. The van der Waals surface area contributed by atoms with Crippen LogP contribution in [-0.2, 0) is 14.3 Å². The van der Waals surface area contributed by atoms with Gasteiger partial charge < -0.3 is 55.6 Å². The Morgan fingerprint density at radius 3 is 2.15 bits per heavy atom. The fourth-order valence-electron chi connectivity index (χ4n) is 3.50. The van der Waals surface area contributed by atoms with Gasteiger partial charge in [0.15, 0.2) is 11.9 Å². The van der Waals surface area contributed by atoms with Crippen LogP contribution in [0.1, 0.15) is 6.92 Å². The van der Waals surface area contributed by atoms with E-state index in [2.05, 4.69) is 5.32 Å². The molecule has 9 atom stereocenters. The van der Waals surface area contributed by atoms with E-state index in [1.165, 1.54) is 0 Å². The van der Waals surface area contributed by atoms with Crippen molar-refractivity contribution in [3.63, 3.8) is 0 Å². The van der Waals surface area contributed by atoms with Crippen molar-refractivity contribution in [2.24, 2.45) is 0 Å². The smallest absolute Gasteiger partial charge is 0.217 e. The fraction of sp³-hybridized carbons (Fsp3) is 0.929. The second-order valence-electron chi connectivity index (χ2n) is 6.59. The number of carbonyl (C=O) groups is 1. The number of hydrogen-bond acceptors (Lipinski definition) is 11. The predicted octanol–water partition coefficient (Wildman–Crippen LogP) is -5.86. The van der Waals surface area contributed by atoms with Crippen molar-refractivity contribution in [3.05, 3.63) is 0 Å². The van der Waals surface area contributed by atoms with Gasteiger partial charge in [0.1, 0.15) is 42.2 Å². The Kier molecular flexibility index (Phi) is 6.24. The lowest BCUT2D eigenvalue weighted by molar-refractivity contribution is -0.366. The van der Waals surface area contributed by atoms with Crippen LogP contribution in [0.2, 0.25) is 0 Å². The maximum Gasteiger partial charge on any atom is 0.217 e. The quantitative estimate of drug-likeness (QED) is 0.223. The Balaban J connectivity index is 2.51. The normalized spacial score (nSPS) is 49.7. The highest BCUT2D eigenvalue weighted by Crippen LogP contribution is 2.42. The van der Waals surface area contributed by atoms with Crippen LogP contribution in [0.4, 0.5) is 0 Å². The van der Waals surface area contributed by atoms with E-state index in [9.17, 15) is 40.5 Å². The summed E-state index contributed by atoms with van der Waals surface area (Å²) in [5, 5.41) is 83.7. The summed E-state index contributed by atoms with van der Waals surface area (Å²) in [6, 6.07) is -1.85. The molecule has 2 saturated heterocycles. The van der Waals surface area contributed by atoms with Gasteiger partial charge in [-0.3, -0.25) is 4.79 Å². The van der Waals surface area contributed by atoms with E-state index in [4.69, 9.17) is 14.6 Å². The molecule has 9 N–H and O–H groups in total. The fourth-order valence-corrected chi connectivity index (χ4v) is 3.50. The minimum atomic E-state index is -2.90. The molecule has 2 heterocycles. The maximum atomic E-state index is 11.5. The molecular weight excluding hydrogens is 358 g/mol. The third-order valence-electron chi connectivity index (χ3n) is 5.00. The van der Waals surface area contributed by atoms with Crippen LogP contribution in [-0.4, -0.2) is 121 Å². The molecule has 0 radical (unpaired) electrons. The molecule has 26 heavy (non-hydrogen) atoms. The van der Waals surface area contributed by atoms with Crippen molar-refractivity contribution in [1.82, 2.24) is 5.32 Å². The molecule has 0 aliphatic carbocycles. The minimum absolute atomic E-state index is 0.699. The number of hydrogen-bond donors (Lipinski definition) is 9. The highest BCUT2D eigenvalue weighted by atomic mass is 16.6. The van der Waals surface area contributed by atoms with Gasteiger partial charge in [0.25, 0.3) is 0 Å². The van der Waals surface area contributed by atoms with Gasteiger partial charge in [0.2, 0.25) is 5.91 Å². The molecule has 0 aromatic heterocycles. The van der Waals surface area contributed by atoms with Crippen LogP contribution in [0.15, 0.2) is 0 Å². The summed E-state index contributed by atoms with van der Waals surface area (Å²) in [6.45, 7) is -1.41. The Morgan fingerprint density at radius 1 is 1.08 bits per heavy atom. The van der Waals surface area contributed by atoms with Gasteiger partial charge in [-0.05, 0) is 0 Å². The van der Waals surface area contributed by atoms with Gasteiger partial charge in [-0.15, -0.1) is 0 Å². The molecule has 2 aliphatic heterocycles. The minimum Gasteiger partial charge on any atom is -0.394 e. The lowest BCUT2D eigenvalue weighted by Gasteiger charge is -2.58. The number of nitrogens with one attached hydrogen (secondary N) is 1. The van der Waals surface area contributed by atoms with E-state index in [0.717, 1.165) is 6.92 Å². The molecule has 0 spiro atoms. The zero-order valence-corrected chi connectivity index (χ0v) is 14.0. The van der Waals surface area contributed by atoms with Crippen molar-refractivity contribution >= 4 is 5.91 Å². The molecule has 2 rings (SSSR count). The summed E-state index contributed by atoms with van der Waals surface area (Å²) in [6.07, 6.45) is -10.9. The summed E-state index contributed by atoms with van der Waals surface area (Å²) in [7, 11) is 0. The Labute approximate surface area is 148 Å². The molecule has 2 fully saturated rings. The van der Waals surface area contributed by atoms with Crippen LogP contribution >= 0.6 is 0 Å². The van der Waals surface area contributed by atoms with Crippen LogP contribution in [0.3, 0.4) is 0 Å². The van der Waals surface area contributed by atoms with Crippen molar-refractivity contribution < 1.29 is 55.1 Å². The van der Waals surface area contributed by atoms with Gasteiger partial charge in [-0.2, -0.15) is 0 Å². The first-order valence-electron chi connectivity index (χ1n) is 7.97. The zero-order valence-electron chi connectivity index (χ0n) is 14.0. The molecule has 12 heteroatoms. The van der Waals surface area contributed by atoms with Crippen molar-refractivity contribution in [2.45, 2.75) is 61.0 Å². The summed E-state index contributed by atoms with van der Waals surface area (Å²) >= 11 is 0. The topological polar surface area (TPSA) is 209 Å². The summed E-state index contributed by atoms with van der Waals surface area (Å²) in [5.74, 6) is -0.769. The SMILES string of the molecule is CC(=O)N[C@@H]1[C@@H](O)O[C@H](CO)[C@@H](O)[C@@]1(O)[C@@]1(O)CO[C@H](CO)[C@H](O)[C@@H]1O. The number of ether oxygens (including phenoxy) is 2. The third-order valence-corrected chi connectivity index (χ3v) is 5.00. The van der Waals surface area contributed by atoms with Crippen molar-refractivity contribution in [1.29, 1.82) is 0 Å². The van der Waals surface area contributed by atoms with E-state index in [-0.39, 0.29) is 0 Å². The number of aliphatic hydroxyl groups excluding tert-OH is 6. The Hall–Kier alpha value is -0.930. The number of aliphatic hydroxyl groups is 8. The van der Waals surface area contributed by atoms with E-state index in [0.29, 0.717) is 0 Å². The van der Waals surface area contributed by atoms with Gasteiger partial charge in [-0.1, -0.05) is 0 Å². The van der Waals surface area contributed by atoms with E-state index >= 15 is 0 Å². The monoisotopic (exact) mass is 383 g/mol. The Morgan fingerprint density at radius 2 is 1.65 bits per heavy atom. The van der Waals surface area contributed by atoms with Crippen LogP contribution in [0.25, 0.3) is 0 Å². The average Bonchev–Trinajstić information content (AvgIpc) is 2.59. The van der Waals surface area contributed by atoms with Crippen molar-refractivity contribution in [3.8, 4) is 0 Å². The molecule has 12 nitrogen and oxygen atoms in total. The van der Waals surface area contributed by atoms with E-state index < -0.39 is 79.8 Å². The maximum absolute atomic E-state index is 11.5.